The van der Waals surface area contributed by atoms with Gasteiger partial charge in [0, 0.05) is 25.7 Å². The summed E-state index contributed by atoms with van der Waals surface area (Å²) in [7, 11) is 1.64. The highest BCUT2D eigenvalue weighted by Crippen LogP contribution is 2.30. The van der Waals surface area contributed by atoms with Gasteiger partial charge in [-0.3, -0.25) is 9.59 Å². The van der Waals surface area contributed by atoms with Crippen molar-refractivity contribution >= 4 is 34.6 Å². The molecule has 1 aromatic heterocycles. The van der Waals surface area contributed by atoms with E-state index < -0.39 is 5.41 Å². The Morgan fingerprint density at radius 3 is 2.86 bits per heavy atom. The summed E-state index contributed by atoms with van der Waals surface area (Å²) >= 11 is 1.14. The fraction of sp³-hybridized carbons (Fsp3) is 0.467. The lowest BCUT2D eigenvalue weighted by Gasteiger charge is -2.39. The van der Waals surface area contributed by atoms with E-state index in [1.54, 1.807) is 24.1 Å². The maximum Gasteiger partial charge on any atom is 0.253 e. The van der Waals surface area contributed by atoms with Gasteiger partial charge in [0.15, 0.2) is 0 Å². The van der Waals surface area contributed by atoms with Crippen LogP contribution in [0, 0.1) is 5.41 Å². The summed E-state index contributed by atoms with van der Waals surface area (Å²) < 4.78 is 8.31. The molecular formula is C15H18N4O2S. The van der Waals surface area contributed by atoms with Gasteiger partial charge in [0.25, 0.3) is 5.91 Å². The molecule has 0 saturated carbocycles. The van der Waals surface area contributed by atoms with E-state index in [0.717, 1.165) is 35.6 Å². The molecule has 1 fully saturated rings. The normalized spacial score (nSPS) is 21.8. The second-order valence-electron chi connectivity index (χ2n) is 5.94. The van der Waals surface area contributed by atoms with Crippen LogP contribution in [0.2, 0.25) is 0 Å². The largest absolute Gasteiger partial charge is 0.359 e. The number of hydrogen-bond acceptors (Lipinski definition) is 5. The highest BCUT2D eigenvalue weighted by molar-refractivity contribution is 7.00. The molecule has 116 valence electrons. The summed E-state index contributed by atoms with van der Waals surface area (Å²) in [5.41, 5.74) is 1.62. The monoisotopic (exact) mass is 318 g/mol. The molecule has 2 heterocycles. The van der Waals surface area contributed by atoms with Gasteiger partial charge in [-0.25, -0.2) is 0 Å². The molecule has 7 heteroatoms. The summed E-state index contributed by atoms with van der Waals surface area (Å²) in [5.74, 6) is -0.0612. The standard InChI is InChI=1S/C15H18N4O2S/c1-15(14(21)16-2)6-3-7-19(9-15)13(20)10-4-5-11-12(8-10)18-22-17-11/h4-5,8H,3,6-7,9H2,1-2H3,(H,16,21). The van der Waals surface area contributed by atoms with Gasteiger partial charge < -0.3 is 10.2 Å². The number of nitrogens with one attached hydrogen (secondary N) is 1. The van der Waals surface area contributed by atoms with Crippen molar-refractivity contribution in [2.75, 3.05) is 20.1 Å². The summed E-state index contributed by atoms with van der Waals surface area (Å²) in [6.07, 6.45) is 1.63. The van der Waals surface area contributed by atoms with Crippen LogP contribution in [0.1, 0.15) is 30.1 Å². The van der Waals surface area contributed by atoms with Gasteiger partial charge in [-0.1, -0.05) is 0 Å². The third-order valence-electron chi connectivity index (χ3n) is 4.26. The van der Waals surface area contributed by atoms with Crippen LogP contribution in [0.5, 0.6) is 0 Å². The van der Waals surface area contributed by atoms with Crippen LogP contribution in [-0.4, -0.2) is 45.6 Å². The maximum absolute atomic E-state index is 12.7. The Labute approximate surface area is 132 Å². The molecule has 0 aliphatic carbocycles. The van der Waals surface area contributed by atoms with E-state index >= 15 is 0 Å². The average molecular weight is 318 g/mol. The predicted octanol–water partition coefficient (Wildman–Crippen LogP) is 1.68. The Kier molecular flexibility index (Phi) is 3.82. The van der Waals surface area contributed by atoms with Crippen molar-refractivity contribution in [2.45, 2.75) is 19.8 Å². The molecule has 2 amide bonds. The van der Waals surface area contributed by atoms with E-state index in [4.69, 9.17) is 0 Å². The average Bonchev–Trinajstić information content (AvgIpc) is 3.00. The molecule has 1 aromatic carbocycles. The lowest BCUT2D eigenvalue weighted by molar-refractivity contribution is -0.132. The number of nitrogens with zero attached hydrogens (tertiary/aromatic N) is 3. The lowest BCUT2D eigenvalue weighted by Crippen LogP contribution is -2.51. The molecule has 3 rings (SSSR count). The first-order valence-electron chi connectivity index (χ1n) is 7.27. The fourth-order valence-electron chi connectivity index (χ4n) is 3.00. The first kappa shape index (κ1) is 14.9. The van der Waals surface area contributed by atoms with Crippen LogP contribution < -0.4 is 5.32 Å². The maximum atomic E-state index is 12.7. The van der Waals surface area contributed by atoms with E-state index in [0.29, 0.717) is 18.7 Å². The predicted molar refractivity (Wildman–Crippen MR) is 84.7 cm³/mol. The van der Waals surface area contributed by atoms with Crippen molar-refractivity contribution in [2.24, 2.45) is 5.41 Å². The number of amides is 2. The van der Waals surface area contributed by atoms with E-state index in [9.17, 15) is 9.59 Å². The van der Waals surface area contributed by atoms with Crippen LogP contribution >= 0.6 is 11.7 Å². The highest BCUT2D eigenvalue weighted by Gasteiger charge is 2.38. The number of fused-ring (bicyclic) bond motifs is 1. The first-order chi connectivity index (χ1) is 10.5. The fourth-order valence-corrected chi connectivity index (χ4v) is 3.52. The van der Waals surface area contributed by atoms with Crippen molar-refractivity contribution in [3.63, 3.8) is 0 Å². The lowest BCUT2D eigenvalue weighted by atomic mass is 9.81. The highest BCUT2D eigenvalue weighted by atomic mass is 32.1. The van der Waals surface area contributed by atoms with Crippen LogP contribution in [0.15, 0.2) is 18.2 Å². The Hall–Kier alpha value is -2.02. The molecular weight excluding hydrogens is 300 g/mol. The van der Waals surface area contributed by atoms with Gasteiger partial charge in [-0.2, -0.15) is 8.75 Å². The number of piperidine rings is 1. The van der Waals surface area contributed by atoms with Gasteiger partial charge >= 0.3 is 0 Å². The van der Waals surface area contributed by atoms with Crippen LogP contribution in [0.3, 0.4) is 0 Å². The Morgan fingerprint density at radius 2 is 2.09 bits per heavy atom. The molecule has 0 radical (unpaired) electrons. The SMILES string of the molecule is CNC(=O)C1(C)CCCN(C(=O)c2ccc3nsnc3c2)C1. The van der Waals surface area contributed by atoms with E-state index in [1.807, 2.05) is 13.0 Å². The quantitative estimate of drug-likeness (QED) is 0.914. The first-order valence-corrected chi connectivity index (χ1v) is 8.00. The van der Waals surface area contributed by atoms with E-state index in [-0.39, 0.29) is 11.8 Å². The molecule has 2 aromatic rings. The molecule has 1 N–H and O–H groups in total. The molecule has 1 aliphatic rings. The van der Waals surface area contributed by atoms with Crippen molar-refractivity contribution in [1.82, 2.24) is 19.0 Å². The minimum Gasteiger partial charge on any atom is -0.359 e. The van der Waals surface area contributed by atoms with Gasteiger partial charge in [-0.15, -0.1) is 0 Å². The van der Waals surface area contributed by atoms with E-state index in [1.165, 1.54) is 0 Å². The second kappa shape index (κ2) is 5.64. The van der Waals surface area contributed by atoms with Crippen molar-refractivity contribution in [3.8, 4) is 0 Å². The molecule has 1 saturated heterocycles. The molecule has 1 aliphatic heterocycles. The van der Waals surface area contributed by atoms with E-state index in [2.05, 4.69) is 14.1 Å². The number of hydrogen-bond donors (Lipinski definition) is 1. The van der Waals surface area contributed by atoms with Gasteiger partial charge in [0.2, 0.25) is 5.91 Å². The Morgan fingerprint density at radius 1 is 1.32 bits per heavy atom. The van der Waals surface area contributed by atoms with Crippen molar-refractivity contribution in [1.29, 1.82) is 0 Å². The summed E-state index contributed by atoms with van der Waals surface area (Å²) in [6, 6.07) is 5.36. The molecule has 0 bridgehead atoms. The molecule has 0 spiro atoms. The smallest absolute Gasteiger partial charge is 0.253 e. The number of carbonyl (C=O) groups is 2. The molecule has 1 atom stereocenters. The third-order valence-corrected chi connectivity index (χ3v) is 4.82. The number of likely N-dealkylation sites (tertiary alicyclic amines) is 1. The van der Waals surface area contributed by atoms with Crippen molar-refractivity contribution < 1.29 is 9.59 Å². The topological polar surface area (TPSA) is 75.2 Å². The molecule has 1 unspecified atom stereocenters. The summed E-state index contributed by atoms with van der Waals surface area (Å²) in [5, 5.41) is 2.70. The van der Waals surface area contributed by atoms with Gasteiger partial charge in [-0.05, 0) is 38.0 Å². The second-order valence-corrected chi connectivity index (χ2v) is 6.47. The van der Waals surface area contributed by atoms with Gasteiger partial charge in [0.05, 0.1) is 17.1 Å². The number of benzene rings is 1. The zero-order valence-corrected chi connectivity index (χ0v) is 13.4. The van der Waals surface area contributed by atoms with Gasteiger partial charge in [0.1, 0.15) is 11.0 Å². The molecule has 22 heavy (non-hydrogen) atoms. The summed E-state index contributed by atoms with van der Waals surface area (Å²) in [6.45, 7) is 3.04. The Balaban J connectivity index is 1.83. The minimum absolute atomic E-state index is 0.0100. The minimum atomic E-state index is -0.519. The number of aromatic nitrogens is 2. The van der Waals surface area contributed by atoms with Crippen LogP contribution in [0.4, 0.5) is 0 Å². The summed E-state index contributed by atoms with van der Waals surface area (Å²) in [4.78, 5) is 26.5. The third kappa shape index (κ3) is 2.56. The van der Waals surface area contributed by atoms with Crippen LogP contribution in [-0.2, 0) is 4.79 Å². The van der Waals surface area contributed by atoms with Crippen molar-refractivity contribution in [3.05, 3.63) is 23.8 Å². The Bertz CT molecular complexity index is 729. The number of rotatable bonds is 2. The van der Waals surface area contributed by atoms with Crippen LogP contribution in [0.25, 0.3) is 11.0 Å². The zero-order valence-electron chi connectivity index (χ0n) is 12.6. The number of carbonyl (C=O) groups excluding carboxylic acids is 2. The zero-order chi connectivity index (χ0) is 15.7. The molecule has 6 nitrogen and oxygen atoms in total.